The Kier molecular flexibility index (Phi) is 5.61. The van der Waals surface area contributed by atoms with E-state index in [9.17, 15) is 20.4 Å². The van der Waals surface area contributed by atoms with E-state index in [2.05, 4.69) is 47.6 Å². The lowest BCUT2D eigenvalue weighted by Crippen LogP contribution is -2.67. The molecule has 4 saturated carbocycles. The van der Waals surface area contributed by atoms with Crippen molar-refractivity contribution in [1.29, 1.82) is 0 Å². The van der Waals surface area contributed by atoms with Crippen LogP contribution in [0.4, 0.5) is 0 Å². The maximum Gasteiger partial charge on any atom is 0.0632 e. The molecule has 4 N–H and O–H groups in total. The minimum Gasteiger partial charge on any atom is -0.396 e. The van der Waals surface area contributed by atoms with Crippen molar-refractivity contribution in [2.45, 2.75) is 112 Å². The van der Waals surface area contributed by atoms with Crippen molar-refractivity contribution in [1.82, 2.24) is 0 Å². The van der Waals surface area contributed by atoms with Gasteiger partial charge in [-0.05, 0) is 103 Å². The van der Waals surface area contributed by atoms with E-state index in [1.165, 1.54) is 5.57 Å². The van der Waals surface area contributed by atoms with Crippen LogP contribution in [-0.4, -0.2) is 45.8 Å². The number of aliphatic hydroxyl groups is 4. The Morgan fingerprint density at radius 1 is 0.794 bits per heavy atom. The lowest BCUT2D eigenvalue weighted by Gasteiger charge is -2.72. The van der Waals surface area contributed by atoms with Gasteiger partial charge in [0.1, 0.15) is 0 Å². The van der Waals surface area contributed by atoms with Crippen molar-refractivity contribution in [3.63, 3.8) is 0 Å². The zero-order valence-electron chi connectivity index (χ0n) is 22.5. The molecule has 0 unspecified atom stereocenters. The summed E-state index contributed by atoms with van der Waals surface area (Å²) in [6, 6.07) is 0. The Labute approximate surface area is 207 Å². The third-order valence-electron chi connectivity index (χ3n) is 13.4. The maximum absolute atomic E-state index is 11.7. The first kappa shape index (κ1) is 25.2. The molecule has 5 aliphatic carbocycles. The van der Waals surface area contributed by atoms with E-state index in [0.29, 0.717) is 11.8 Å². The van der Waals surface area contributed by atoms with E-state index in [1.807, 2.05) is 0 Å². The van der Waals surface area contributed by atoms with Crippen molar-refractivity contribution in [3.8, 4) is 0 Å². The molecule has 10 atom stereocenters. The normalized spacial score (nSPS) is 56.4. The Morgan fingerprint density at radius 2 is 1.50 bits per heavy atom. The second-order valence-electron chi connectivity index (χ2n) is 15.0. The van der Waals surface area contributed by atoms with Crippen LogP contribution in [0.25, 0.3) is 0 Å². The van der Waals surface area contributed by atoms with E-state index in [-0.39, 0.29) is 52.3 Å². The molecule has 0 amide bonds. The lowest BCUT2D eigenvalue weighted by molar-refractivity contribution is -0.219. The van der Waals surface area contributed by atoms with Crippen molar-refractivity contribution in [2.75, 3.05) is 13.2 Å². The van der Waals surface area contributed by atoms with Gasteiger partial charge in [0, 0.05) is 12.0 Å². The van der Waals surface area contributed by atoms with Crippen LogP contribution >= 0.6 is 0 Å². The summed E-state index contributed by atoms with van der Waals surface area (Å²) >= 11 is 0. The van der Waals surface area contributed by atoms with Crippen LogP contribution < -0.4 is 0 Å². The molecule has 4 nitrogen and oxygen atoms in total. The number of hydrogen-bond donors (Lipinski definition) is 4. The highest BCUT2D eigenvalue weighted by molar-refractivity contribution is 5.35. The standard InChI is InChI=1S/C30H50O4/c1-25(2)21-9-12-28(5)22(27(21,4)11-10-23(25)33)8-7-19-20-15-26(3,17-31)13-14-30(20,18-32)24(34)16-29(19,28)6/h7,20-24,31-34H,8-18H2,1-6H3/t20-,21-,22+,23-,24-,26+,27-,28+,29+,30+/m0/s1. The molecule has 0 radical (unpaired) electrons. The van der Waals surface area contributed by atoms with E-state index in [1.54, 1.807) is 0 Å². The van der Waals surface area contributed by atoms with Crippen molar-refractivity contribution in [3.05, 3.63) is 11.6 Å². The summed E-state index contributed by atoms with van der Waals surface area (Å²) in [5.74, 6) is 1.17. The van der Waals surface area contributed by atoms with Crippen LogP contribution in [0.15, 0.2) is 11.6 Å². The van der Waals surface area contributed by atoms with Gasteiger partial charge in [-0.15, -0.1) is 0 Å². The smallest absolute Gasteiger partial charge is 0.0632 e. The molecule has 34 heavy (non-hydrogen) atoms. The number of aliphatic hydroxyl groups excluding tert-OH is 4. The third-order valence-corrected chi connectivity index (χ3v) is 13.4. The first-order chi connectivity index (χ1) is 15.7. The Morgan fingerprint density at radius 3 is 2.15 bits per heavy atom. The van der Waals surface area contributed by atoms with Gasteiger partial charge in [0.25, 0.3) is 0 Å². The fraction of sp³-hybridized carbons (Fsp3) is 0.933. The molecule has 5 rings (SSSR count). The van der Waals surface area contributed by atoms with E-state index in [0.717, 1.165) is 57.8 Å². The van der Waals surface area contributed by atoms with Gasteiger partial charge < -0.3 is 20.4 Å². The second-order valence-corrected chi connectivity index (χ2v) is 15.0. The molecule has 4 heteroatoms. The molecular weight excluding hydrogens is 424 g/mol. The van der Waals surface area contributed by atoms with Crippen LogP contribution in [0.3, 0.4) is 0 Å². The van der Waals surface area contributed by atoms with Crippen LogP contribution in [0, 0.1) is 50.2 Å². The number of rotatable bonds is 2. The summed E-state index contributed by atoms with van der Waals surface area (Å²) in [7, 11) is 0. The molecule has 0 heterocycles. The largest absolute Gasteiger partial charge is 0.396 e. The SMILES string of the molecule is CC1(C)[C@@H](O)CC[C@]2(C)[C@H]3CC=C4[C@@H]5C[C@](C)(CO)CC[C@]5(CO)[C@@H](O)C[C@@]4(C)[C@]3(C)CC[C@@H]12. The molecule has 0 aromatic carbocycles. The topological polar surface area (TPSA) is 80.9 Å². The predicted molar refractivity (Wildman–Crippen MR) is 135 cm³/mol. The Hall–Kier alpha value is -0.420. The summed E-state index contributed by atoms with van der Waals surface area (Å²) in [5, 5.41) is 43.5. The fourth-order valence-electron chi connectivity index (χ4n) is 10.8. The van der Waals surface area contributed by atoms with Crippen LogP contribution in [0.1, 0.15) is 99.3 Å². The van der Waals surface area contributed by atoms with Gasteiger partial charge in [-0.1, -0.05) is 53.2 Å². The van der Waals surface area contributed by atoms with E-state index < -0.39 is 11.5 Å². The molecule has 5 aliphatic rings. The highest BCUT2D eigenvalue weighted by Crippen LogP contribution is 2.75. The average molecular weight is 475 g/mol. The van der Waals surface area contributed by atoms with Crippen molar-refractivity contribution >= 4 is 0 Å². The maximum atomic E-state index is 11.7. The predicted octanol–water partition coefficient (Wildman–Crippen LogP) is 5.08. The fourth-order valence-corrected chi connectivity index (χ4v) is 10.8. The van der Waals surface area contributed by atoms with Crippen molar-refractivity contribution in [2.24, 2.45) is 50.2 Å². The number of hydrogen-bond acceptors (Lipinski definition) is 4. The summed E-state index contributed by atoms with van der Waals surface area (Å²) in [5.41, 5.74) is 0.945. The second kappa shape index (κ2) is 7.55. The summed E-state index contributed by atoms with van der Waals surface area (Å²) in [6.45, 7) is 14.4. The summed E-state index contributed by atoms with van der Waals surface area (Å²) in [6.07, 6.45) is 10.3. The minimum atomic E-state index is -0.515. The van der Waals surface area contributed by atoms with Gasteiger partial charge in [-0.2, -0.15) is 0 Å². The molecule has 0 aromatic heterocycles. The quantitative estimate of drug-likeness (QED) is 0.421. The zero-order valence-corrected chi connectivity index (χ0v) is 22.5. The van der Waals surface area contributed by atoms with Gasteiger partial charge in [0.2, 0.25) is 0 Å². The molecule has 194 valence electrons. The van der Waals surface area contributed by atoms with Gasteiger partial charge >= 0.3 is 0 Å². The van der Waals surface area contributed by atoms with E-state index in [4.69, 9.17) is 0 Å². The Bertz CT molecular complexity index is 866. The van der Waals surface area contributed by atoms with Crippen LogP contribution in [0.5, 0.6) is 0 Å². The molecule has 4 fully saturated rings. The minimum absolute atomic E-state index is 0.0276. The van der Waals surface area contributed by atoms with Crippen molar-refractivity contribution < 1.29 is 20.4 Å². The lowest BCUT2D eigenvalue weighted by atomic mass is 9.33. The molecule has 0 spiro atoms. The molecule has 0 saturated heterocycles. The summed E-state index contributed by atoms with van der Waals surface area (Å²) in [4.78, 5) is 0. The van der Waals surface area contributed by atoms with Gasteiger partial charge in [-0.25, -0.2) is 0 Å². The summed E-state index contributed by atoms with van der Waals surface area (Å²) < 4.78 is 0. The zero-order chi connectivity index (χ0) is 24.9. The monoisotopic (exact) mass is 474 g/mol. The molecular formula is C30H50O4. The average Bonchev–Trinajstić information content (AvgIpc) is 2.77. The van der Waals surface area contributed by atoms with Gasteiger partial charge in [0.15, 0.2) is 0 Å². The van der Waals surface area contributed by atoms with E-state index >= 15 is 0 Å². The molecule has 0 aliphatic heterocycles. The first-order valence-electron chi connectivity index (χ1n) is 14.0. The number of allylic oxidation sites excluding steroid dienone is 2. The number of fused-ring (bicyclic) bond motifs is 7. The highest BCUT2D eigenvalue weighted by atomic mass is 16.3. The van der Waals surface area contributed by atoms with Crippen LogP contribution in [0.2, 0.25) is 0 Å². The Balaban J connectivity index is 1.60. The first-order valence-corrected chi connectivity index (χ1v) is 14.0. The highest BCUT2D eigenvalue weighted by Gasteiger charge is 2.69. The van der Waals surface area contributed by atoms with Crippen LogP contribution in [-0.2, 0) is 0 Å². The third kappa shape index (κ3) is 2.92. The van der Waals surface area contributed by atoms with Gasteiger partial charge in [-0.3, -0.25) is 0 Å². The molecule has 0 aromatic rings. The molecule has 0 bridgehead atoms. The van der Waals surface area contributed by atoms with Gasteiger partial charge in [0.05, 0.1) is 18.8 Å².